The summed E-state index contributed by atoms with van der Waals surface area (Å²) in [4.78, 5) is 18.7. The highest BCUT2D eigenvalue weighted by Gasteiger charge is 2.23. The second-order valence-electron chi connectivity index (χ2n) is 5.31. The van der Waals surface area contributed by atoms with E-state index in [9.17, 15) is 4.79 Å². The number of urea groups is 1. The van der Waals surface area contributed by atoms with Gasteiger partial charge in [-0.1, -0.05) is 24.3 Å². The number of nitrogens with one attached hydrogen (secondary N) is 1. The van der Waals surface area contributed by atoms with E-state index in [4.69, 9.17) is 0 Å². The standard InChI is InChI=1S/C17H24N4O/c1-5-21(6-2)17(22)19-15(16-18-11-12-20(16)4)14-10-8-7-9-13(14)3/h7-12,15H,5-6H2,1-4H3,(H,19,22). The minimum atomic E-state index is -0.255. The molecular weight excluding hydrogens is 276 g/mol. The summed E-state index contributed by atoms with van der Waals surface area (Å²) in [6.07, 6.45) is 3.65. The van der Waals surface area contributed by atoms with Crippen molar-refractivity contribution in [2.45, 2.75) is 26.8 Å². The van der Waals surface area contributed by atoms with Gasteiger partial charge in [0.05, 0.1) is 0 Å². The van der Waals surface area contributed by atoms with E-state index in [1.54, 1.807) is 11.1 Å². The second kappa shape index (κ2) is 7.11. The average molecular weight is 300 g/mol. The summed E-state index contributed by atoms with van der Waals surface area (Å²) in [5.74, 6) is 0.829. The minimum Gasteiger partial charge on any atom is -0.336 e. The van der Waals surface area contributed by atoms with Crippen molar-refractivity contribution in [3.63, 3.8) is 0 Å². The van der Waals surface area contributed by atoms with Crippen LogP contribution in [0.4, 0.5) is 4.79 Å². The molecule has 0 aliphatic carbocycles. The molecule has 5 heteroatoms. The molecule has 0 saturated heterocycles. The Labute approximate surface area is 132 Å². The van der Waals surface area contributed by atoms with Crippen LogP contribution in [0, 0.1) is 6.92 Å². The lowest BCUT2D eigenvalue weighted by Crippen LogP contribution is -2.42. The molecule has 0 radical (unpaired) electrons. The molecule has 5 nitrogen and oxygen atoms in total. The van der Waals surface area contributed by atoms with Crippen LogP contribution in [-0.4, -0.2) is 33.6 Å². The first-order valence-corrected chi connectivity index (χ1v) is 7.66. The van der Waals surface area contributed by atoms with Crippen LogP contribution >= 0.6 is 0 Å². The number of amides is 2. The van der Waals surface area contributed by atoms with Gasteiger partial charge in [0, 0.05) is 32.5 Å². The minimum absolute atomic E-state index is 0.0683. The molecule has 0 aliphatic heterocycles. The summed E-state index contributed by atoms with van der Waals surface area (Å²) in [6.45, 7) is 7.38. The van der Waals surface area contributed by atoms with Crippen molar-refractivity contribution < 1.29 is 4.79 Å². The fraction of sp³-hybridized carbons (Fsp3) is 0.412. The van der Waals surface area contributed by atoms with Crippen LogP contribution in [0.25, 0.3) is 0 Å². The summed E-state index contributed by atoms with van der Waals surface area (Å²) < 4.78 is 1.94. The van der Waals surface area contributed by atoms with E-state index in [1.807, 2.05) is 49.9 Å². The number of aryl methyl sites for hydroxylation is 2. The fourth-order valence-electron chi connectivity index (χ4n) is 2.57. The molecule has 2 aromatic rings. The van der Waals surface area contributed by atoms with Gasteiger partial charge >= 0.3 is 6.03 Å². The van der Waals surface area contributed by atoms with E-state index in [1.165, 1.54) is 0 Å². The Morgan fingerprint density at radius 2 is 2.00 bits per heavy atom. The van der Waals surface area contributed by atoms with Gasteiger partial charge in [-0.15, -0.1) is 0 Å². The number of carbonyl (C=O) groups excluding carboxylic acids is 1. The van der Waals surface area contributed by atoms with Gasteiger partial charge in [0.1, 0.15) is 11.9 Å². The van der Waals surface area contributed by atoms with E-state index in [0.717, 1.165) is 17.0 Å². The molecular formula is C17H24N4O. The predicted octanol–water partition coefficient (Wildman–Crippen LogP) is 2.87. The third-order valence-corrected chi connectivity index (χ3v) is 3.93. The Bertz CT molecular complexity index is 631. The lowest BCUT2D eigenvalue weighted by Gasteiger charge is -2.25. The quantitative estimate of drug-likeness (QED) is 0.923. The molecule has 2 amide bonds. The fourth-order valence-corrected chi connectivity index (χ4v) is 2.57. The molecule has 1 atom stereocenters. The highest BCUT2D eigenvalue weighted by atomic mass is 16.2. The van der Waals surface area contributed by atoms with Crippen molar-refractivity contribution in [2.24, 2.45) is 7.05 Å². The van der Waals surface area contributed by atoms with Gasteiger partial charge in [0.15, 0.2) is 0 Å². The van der Waals surface area contributed by atoms with Crippen molar-refractivity contribution in [3.8, 4) is 0 Å². The molecule has 1 aromatic carbocycles. The Morgan fingerprint density at radius 1 is 1.32 bits per heavy atom. The first kappa shape index (κ1) is 16.1. The van der Waals surface area contributed by atoms with Crippen LogP contribution in [0.1, 0.15) is 36.8 Å². The highest BCUT2D eigenvalue weighted by Crippen LogP contribution is 2.23. The van der Waals surface area contributed by atoms with Crippen LogP contribution < -0.4 is 5.32 Å². The van der Waals surface area contributed by atoms with Crippen molar-refractivity contribution in [2.75, 3.05) is 13.1 Å². The van der Waals surface area contributed by atoms with Crippen LogP contribution in [-0.2, 0) is 7.05 Å². The smallest absolute Gasteiger partial charge is 0.318 e. The van der Waals surface area contributed by atoms with Crippen molar-refractivity contribution >= 4 is 6.03 Å². The number of rotatable bonds is 5. The molecule has 1 N–H and O–H groups in total. The summed E-state index contributed by atoms with van der Waals surface area (Å²) in [5, 5.41) is 3.12. The molecule has 0 bridgehead atoms. The first-order chi connectivity index (χ1) is 10.6. The number of carbonyl (C=O) groups is 1. The van der Waals surface area contributed by atoms with Crippen LogP contribution in [0.5, 0.6) is 0 Å². The zero-order chi connectivity index (χ0) is 16.1. The Hall–Kier alpha value is -2.30. The highest BCUT2D eigenvalue weighted by molar-refractivity contribution is 5.75. The van der Waals surface area contributed by atoms with Gasteiger partial charge in [-0.2, -0.15) is 0 Å². The van der Waals surface area contributed by atoms with E-state index in [-0.39, 0.29) is 12.1 Å². The number of nitrogens with zero attached hydrogens (tertiary/aromatic N) is 3. The monoisotopic (exact) mass is 300 g/mol. The molecule has 0 fully saturated rings. The molecule has 1 unspecified atom stereocenters. The van der Waals surface area contributed by atoms with Gasteiger partial charge in [-0.25, -0.2) is 9.78 Å². The number of aromatic nitrogens is 2. The molecule has 0 spiro atoms. The van der Waals surface area contributed by atoms with Crippen LogP contribution in [0.2, 0.25) is 0 Å². The molecule has 22 heavy (non-hydrogen) atoms. The Kier molecular flexibility index (Phi) is 5.20. The first-order valence-electron chi connectivity index (χ1n) is 7.66. The van der Waals surface area contributed by atoms with Gasteiger partial charge in [-0.3, -0.25) is 0 Å². The van der Waals surface area contributed by atoms with Gasteiger partial charge in [-0.05, 0) is 31.9 Å². The van der Waals surface area contributed by atoms with Crippen molar-refractivity contribution in [1.82, 2.24) is 19.8 Å². The number of hydrogen-bond donors (Lipinski definition) is 1. The summed E-state index contributed by atoms with van der Waals surface area (Å²) in [7, 11) is 1.94. The SMILES string of the molecule is CCN(CC)C(=O)NC(c1ccccc1C)c1nccn1C. The topological polar surface area (TPSA) is 50.2 Å². The van der Waals surface area contributed by atoms with E-state index < -0.39 is 0 Å². The largest absolute Gasteiger partial charge is 0.336 e. The molecule has 118 valence electrons. The maximum absolute atomic E-state index is 12.5. The van der Waals surface area contributed by atoms with Crippen LogP contribution in [0.3, 0.4) is 0 Å². The lowest BCUT2D eigenvalue weighted by molar-refractivity contribution is 0.200. The van der Waals surface area contributed by atoms with E-state index in [0.29, 0.717) is 13.1 Å². The molecule has 0 aliphatic rings. The number of hydrogen-bond acceptors (Lipinski definition) is 2. The van der Waals surface area contributed by atoms with Gasteiger partial charge in [0.2, 0.25) is 0 Å². The summed E-state index contributed by atoms with van der Waals surface area (Å²) >= 11 is 0. The normalized spacial score (nSPS) is 12.0. The van der Waals surface area contributed by atoms with Crippen molar-refractivity contribution in [1.29, 1.82) is 0 Å². The van der Waals surface area contributed by atoms with Crippen molar-refractivity contribution in [3.05, 3.63) is 53.6 Å². The Morgan fingerprint density at radius 3 is 2.55 bits per heavy atom. The summed E-state index contributed by atoms with van der Waals surface area (Å²) in [5.41, 5.74) is 2.20. The molecule has 2 rings (SSSR count). The molecule has 1 aromatic heterocycles. The molecule has 0 saturated carbocycles. The maximum atomic E-state index is 12.5. The third-order valence-electron chi connectivity index (χ3n) is 3.93. The predicted molar refractivity (Wildman–Crippen MR) is 87.7 cm³/mol. The molecule has 1 heterocycles. The zero-order valence-corrected chi connectivity index (χ0v) is 13.7. The zero-order valence-electron chi connectivity index (χ0n) is 13.7. The number of benzene rings is 1. The van der Waals surface area contributed by atoms with Gasteiger partial charge in [0.25, 0.3) is 0 Å². The Balaban J connectivity index is 2.37. The lowest BCUT2D eigenvalue weighted by atomic mass is 10.0. The van der Waals surface area contributed by atoms with E-state index >= 15 is 0 Å². The maximum Gasteiger partial charge on any atom is 0.318 e. The van der Waals surface area contributed by atoms with E-state index in [2.05, 4.69) is 23.3 Å². The summed E-state index contributed by atoms with van der Waals surface area (Å²) in [6, 6.07) is 7.75. The third kappa shape index (κ3) is 3.30. The second-order valence-corrected chi connectivity index (χ2v) is 5.31. The average Bonchev–Trinajstić information content (AvgIpc) is 2.93. The van der Waals surface area contributed by atoms with Gasteiger partial charge < -0.3 is 14.8 Å². The number of imidazole rings is 1. The van der Waals surface area contributed by atoms with Crippen LogP contribution in [0.15, 0.2) is 36.7 Å².